The van der Waals surface area contributed by atoms with Crippen molar-refractivity contribution in [2.45, 2.75) is 12.8 Å². The van der Waals surface area contributed by atoms with Crippen LogP contribution in [0.15, 0.2) is 42.5 Å². The summed E-state index contributed by atoms with van der Waals surface area (Å²) in [5, 5.41) is 2.98. The predicted molar refractivity (Wildman–Crippen MR) is 109 cm³/mol. The van der Waals surface area contributed by atoms with E-state index in [1.165, 1.54) is 32.9 Å². The highest BCUT2D eigenvalue weighted by atomic mass is 32.1. The molecule has 2 aliphatic rings. The number of rotatable bonds is 3. The van der Waals surface area contributed by atoms with Gasteiger partial charge in [0, 0.05) is 16.6 Å². The standard InChI is InChI=1S/C22H19NO4S/c1-25-16-5-6-17-13(10-16)2-3-14-11-20(28-21(14)17)22(24)23-15-4-7-18-19(12-15)27-9-8-26-18/h4-7,10-12H,2-3,8-9H2,1H3,(H,23,24). The molecule has 1 aliphatic carbocycles. The van der Waals surface area contributed by atoms with Crippen molar-refractivity contribution in [2.75, 3.05) is 25.6 Å². The molecule has 2 heterocycles. The van der Waals surface area contributed by atoms with E-state index in [1.54, 1.807) is 7.11 Å². The fourth-order valence-corrected chi connectivity index (χ4v) is 4.83. The van der Waals surface area contributed by atoms with E-state index in [0.29, 0.717) is 35.3 Å². The number of nitrogens with one attached hydrogen (secondary N) is 1. The molecule has 0 bridgehead atoms. The number of amides is 1. The van der Waals surface area contributed by atoms with Crippen LogP contribution in [0.5, 0.6) is 17.2 Å². The molecule has 1 aliphatic heterocycles. The number of aryl methyl sites for hydroxylation is 2. The SMILES string of the molecule is COc1ccc2c(c1)CCc1cc(C(=O)Nc3ccc4c(c3)OCCO4)sc1-2. The van der Waals surface area contributed by atoms with Gasteiger partial charge in [-0.25, -0.2) is 0 Å². The van der Waals surface area contributed by atoms with Gasteiger partial charge in [0.1, 0.15) is 19.0 Å². The molecule has 2 aromatic carbocycles. The van der Waals surface area contributed by atoms with Crippen LogP contribution in [0, 0.1) is 0 Å². The first kappa shape index (κ1) is 17.1. The van der Waals surface area contributed by atoms with Crippen molar-refractivity contribution in [2.24, 2.45) is 0 Å². The fourth-order valence-electron chi connectivity index (χ4n) is 3.66. The monoisotopic (exact) mass is 393 g/mol. The maximum Gasteiger partial charge on any atom is 0.265 e. The first-order valence-electron chi connectivity index (χ1n) is 9.22. The van der Waals surface area contributed by atoms with Gasteiger partial charge in [0.25, 0.3) is 5.91 Å². The highest BCUT2D eigenvalue weighted by molar-refractivity contribution is 7.17. The summed E-state index contributed by atoms with van der Waals surface area (Å²) in [5.74, 6) is 2.14. The molecule has 5 rings (SSSR count). The Labute approximate surface area is 166 Å². The Morgan fingerprint density at radius 2 is 1.82 bits per heavy atom. The molecule has 0 saturated heterocycles. The maximum absolute atomic E-state index is 12.8. The number of thiophene rings is 1. The van der Waals surface area contributed by atoms with Gasteiger partial charge in [0.15, 0.2) is 11.5 Å². The summed E-state index contributed by atoms with van der Waals surface area (Å²) >= 11 is 1.54. The van der Waals surface area contributed by atoms with Crippen molar-refractivity contribution in [3.05, 3.63) is 58.5 Å². The van der Waals surface area contributed by atoms with E-state index >= 15 is 0 Å². The molecule has 6 heteroatoms. The van der Waals surface area contributed by atoms with Crippen LogP contribution in [0.4, 0.5) is 5.69 Å². The van der Waals surface area contributed by atoms with E-state index in [1.807, 2.05) is 30.3 Å². The molecule has 0 unspecified atom stereocenters. The number of methoxy groups -OCH3 is 1. The van der Waals surface area contributed by atoms with Crippen molar-refractivity contribution >= 4 is 22.9 Å². The summed E-state index contributed by atoms with van der Waals surface area (Å²) in [5.41, 5.74) is 4.40. The highest BCUT2D eigenvalue weighted by Crippen LogP contribution is 2.41. The number of anilines is 1. The molecule has 0 atom stereocenters. The van der Waals surface area contributed by atoms with E-state index in [4.69, 9.17) is 14.2 Å². The number of hydrogen-bond donors (Lipinski definition) is 1. The van der Waals surface area contributed by atoms with Gasteiger partial charge in [0.2, 0.25) is 0 Å². The largest absolute Gasteiger partial charge is 0.497 e. The van der Waals surface area contributed by atoms with E-state index in [0.717, 1.165) is 18.6 Å². The third-order valence-electron chi connectivity index (χ3n) is 5.05. The van der Waals surface area contributed by atoms with Gasteiger partial charge in [0.05, 0.1) is 12.0 Å². The normalized spacial score (nSPS) is 14.0. The Balaban J connectivity index is 1.40. The summed E-state index contributed by atoms with van der Waals surface area (Å²) in [6.45, 7) is 1.07. The average molecular weight is 393 g/mol. The van der Waals surface area contributed by atoms with Crippen molar-refractivity contribution in [3.8, 4) is 27.7 Å². The summed E-state index contributed by atoms with van der Waals surface area (Å²) in [6.07, 6.45) is 1.89. The molecule has 142 valence electrons. The zero-order chi connectivity index (χ0) is 19.1. The number of carbonyl (C=O) groups excluding carboxylic acids is 1. The summed E-state index contributed by atoms with van der Waals surface area (Å²) in [7, 11) is 1.68. The minimum Gasteiger partial charge on any atom is -0.497 e. The summed E-state index contributed by atoms with van der Waals surface area (Å²) < 4.78 is 16.5. The number of benzene rings is 2. The number of carbonyl (C=O) groups is 1. The van der Waals surface area contributed by atoms with Gasteiger partial charge in [-0.05, 0) is 65.9 Å². The van der Waals surface area contributed by atoms with Crippen LogP contribution in [-0.4, -0.2) is 26.2 Å². The van der Waals surface area contributed by atoms with E-state index in [2.05, 4.69) is 17.4 Å². The van der Waals surface area contributed by atoms with Gasteiger partial charge in [-0.3, -0.25) is 4.79 Å². The van der Waals surface area contributed by atoms with Crippen LogP contribution >= 0.6 is 11.3 Å². The van der Waals surface area contributed by atoms with Gasteiger partial charge < -0.3 is 19.5 Å². The van der Waals surface area contributed by atoms with Gasteiger partial charge in [-0.2, -0.15) is 0 Å². The van der Waals surface area contributed by atoms with Crippen molar-refractivity contribution in [3.63, 3.8) is 0 Å². The molecule has 0 spiro atoms. The minimum absolute atomic E-state index is 0.105. The molecule has 1 aromatic heterocycles. The second-order valence-corrected chi connectivity index (χ2v) is 7.85. The lowest BCUT2D eigenvalue weighted by Crippen LogP contribution is -2.16. The quantitative estimate of drug-likeness (QED) is 0.710. The number of fused-ring (bicyclic) bond motifs is 4. The Hall–Kier alpha value is -2.99. The molecule has 0 saturated carbocycles. The second kappa shape index (κ2) is 6.87. The van der Waals surface area contributed by atoms with Crippen LogP contribution < -0.4 is 19.5 Å². The average Bonchev–Trinajstić information content (AvgIpc) is 3.18. The van der Waals surface area contributed by atoms with Crippen LogP contribution in [0.2, 0.25) is 0 Å². The number of hydrogen-bond acceptors (Lipinski definition) is 5. The molecule has 1 N–H and O–H groups in total. The summed E-state index contributed by atoms with van der Waals surface area (Å²) in [6, 6.07) is 13.6. The van der Waals surface area contributed by atoms with Crippen LogP contribution in [0.25, 0.3) is 10.4 Å². The van der Waals surface area contributed by atoms with E-state index < -0.39 is 0 Å². The van der Waals surface area contributed by atoms with Crippen molar-refractivity contribution in [1.82, 2.24) is 0 Å². The van der Waals surface area contributed by atoms with Crippen LogP contribution in [-0.2, 0) is 12.8 Å². The lowest BCUT2D eigenvalue weighted by Gasteiger charge is -2.18. The van der Waals surface area contributed by atoms with Crippen LogP contribution in [0.3, 0.4) is 0 Å². The Kier molecular flexibility index (Phi) is 4.20. The smallest absolute Gasteiger partial charge is 0.265 e. The molecular formula is C22H19NO4S. The minimum atomic E-state index is -0.105. The third-order valence-corrected chi connectivity index (χ3v) is 6.26. The van der Waals surface area contributed by atoms with Crippen LogP contribution in [0.1, 0.15) is 20.8 Å². The molecule has 0 radical (unpaired) electrons. The molecular weight excluding hydrogens is 374 g/mol. The predicted octanol–water partition coefficient (Wildman–Crippen LogP) is 4.55. The van der Waals surface area contributed by atoms with E-state index in [9.17, 15) is 4.79 Å². The first-order valence-corrected chi connectivity index (χ1v) is 10.0. The maximum atomic E-state index is 12.8. The molecule has 3 aromatic rings. The second-order valence-electron chi connectivity index (χ2n) is 6.80. The zero-order valence-electron chi connectivity index (χ0n) is 15.4. The van der Waals surface area contributed by atoms with Gasteiger partial charge >= 0.3 is 0 Å². The summed E-state index contributed by atoms with van der Waals surface area (Å²) in [4.78, 5) is 14.7. The van der Waals surface area contributed by atoms with Crippen molar-refractivity contribution in [1.29, 1.82) is 0 Å². The van der Waals surface area contributed by atoms with E-state index in [-0.39, 0.29) is 5.91 Å². The third kappa shape index (κ3) is 2.99. The Morgan fingerprint density at radius 1 is 1.00 bits per heavy atom. The van der Waals surface area contributed by atoms with Gasteiger partial charge in [-0.1, -0.05) is 0 Å². The lowest BCUT2D eigenvalue weighted by atomic mass is 9.91. The topological polar surface area (TPSA) is 56.8 Å². The Bertz CT molecular complexity index is 1070. The number of ether oxygens (including phenoxy) is 3. The first-order chi connectivity index (χ1) is 13.7. The highest BCUT2D eigenvalue weighted by Gasteiger charge is 2.22. The molecule has 5 nitrogen and oxygen atoms in total. The van der Waals surface area contributed by atoms with Gasteiger partial charge in [-0.15, -0.1) is 11.3 Å². The lowest BCUT2D eigenvalue weighted by molar-refractivity contribution is 0.103. The Morgan fingerprint density at radius 3 is 2.68 bits per heavy atom. The molecule has 1 amide bonds. The molecule has 0 fully saturated rings. The fraction of sp³-hybridized carbons (Fsp3) is 0.227. The zero-order valence-corrected chi connectivity index (χ0v) is 16.2. The van der Waals surface area contributed by atoms with Crippen molar-refractivity contribution < 1.29 is 19.0 Å². The molecule has 28 heavy (non-hydrogen) atoms.